The van der Waals surface area contributed by atoms with Gasteiger partial charge in [-0.25, -0.2) is 0 Å². The minimum absolute atomic E-state index is 0.0521. The molecule has 8 nitrogen and oxygen atoms in total. The molecule has 0 aliphatic carbocycles. The van der Waals surface area contributed by atoms with Gasteiger partial charge >= 0.3 is 0 Å². The van der Waals surface area contributed by atoms with Crippen molar-refractivity contribution >= 4 is 17.4 Å². The maximum atomic E-state index is 14.1. The molecule has 1 unspecified atom stereocenters. The zero-order chi connectivity index (χ0) is 29.5. The van der Waals surface area contributed by atoms with Gasteiger partial charge in [-0.05, 0) is 82.0 Å². The molecule has 1 fully saturated rings. The minimum Gasteiger partial charge on any atom is -0.488 e. The number of para-hydroxylation sites is 2. The lowest BCUT2D eigenvalue weighted by molar-refractivity contribution is -0.126. The summed E-state index contributed by atoms with van der Waals surface area (Å²) in [5.74, 6) is 0.939. The van der Waals surface area contributed by atoms with Gasteiger partial charge in [-0.3, -0.25) is 9.69 Å². The van der Waals surface area contributed by atoms with Crippen molar-refractivity contribution in [3.63, 3.8) is 0 Å². The molecule has 3 N–H and O–H groups in total. The maximum Gasteiger partial charge on any atom is 0.273 e. The second kappa shape index (κ2) is 13.7. The topological polar surface area (TPSA) is 101 Å². The van der Waals surface area contributed by atoms with Crippen molar-refractivity contribution in [3.05, 3.63) is 89.5 Å². The quantitative estimate of drug-likeness (QED) is 0.0928. The third-order valence-electron chi connectivity index (χ3n) is 8.50. The van der Waals surface area contributed by atoms with Crippen LogP contribution in [0.2, 0.25) is 0 Å². The Morgan fingerprint density at radius 3 is 2.45 bits per heavy atom. The van der Waals surface area contributed by atoms with Crippen LogP contribution >= 0.6 is 0 Å². The Morgan fingerprint density at radius 2 is 1.69 bits per heavy atom. The Hall–Kier alpha value is -4.04. The van der Waals surface area contributed by atoms with Crippen LogP contribution in [0.4, 0.5) is 5.69 Å². The highest BCUT2D eigenvalue weighted by molar-refractivity contribution is 6.02. The van der Waals surface area contributed by atoms with E-state index in [9.17, 15) is 10.0 Å². The third-order valence-corrected chi connectivity index (χ3v) is 8.50. The summed E-state index contributed by atoms with van der Waals surface area (Å²) in [5, 5.41) is 12.5. The number of amides is 1. The van der Waals surface area contributed by atoms with Crippen LogP contribution in [0, 0.1) is 0 Å². The summed E-state index contributed by atoms with van der Waals surface area (Å²) >= 11 is 0. The molecule has 0 spiro atoms. The summed E-state index contributed by atoms with van der Waals surface area (Å²) in [5.41, 5.74) is 8.71. The molecule has 3 aromatic rings. The van der Waals surface area contributed by atoms with E-state index in [1.54, 1.807) is 18.2 Å². The van der Waals surface area contributed by atoms with Crippen LogP contribution in [0.3, 0.4) is 0 Å². The van der Waals surface area contributed by atoms with E-state index in [-0.39, 0.29) is 11.7 Å². The van der Waals surface area contributed by atoms with Crippen LogP contribution in [0.1, 0.15) is 75.2 Å². The van der Waals surface area contributed by atoms with Crippen molar-refractivity contribution in [3.8, 4) is 11.5 Å². The molecule has 1 amide bonds. The van der Waals surface area contributed by atoms with Gasteiger partial charge in [-0.15, -0.1) is 0 Å². The number of carbonyl (C=O) groups excluding carboxylic acids is 1. The molecule has 2 aliphatic heterocycles. The largest absolute Gasteiger partial charge is 0.488 e. The number of amidine groups is 1. The van der Waals surface area contributed by atoms with Crippen LogP contribution in [-0.4, -0.2) is 47.0 Å². The number of carbonyl (C=O) groups is 1. The standard InChI is InChI=1S/C34H42N4O4/c1-24-12-11-13-25(2)37(24)20-9-4-10-21-38-29-16-7-8-17-31(29)42-32(34(38)39)28-22-27(33(35)36-40)18-19-30(28)41-23-26-14-5-3-6-15-26/h3,5-8,14-19,22,24-25,32,40H,4,9-13,20-21,23H2,1-2H3,(H2,35,36)/t24-,25+,32?. The van der Waals surface area contributed by atoms with E-state index in [0.29, 0.717) is 47.9 Å². The maximum absolute atomic E-state index is 14.1. The van der Waals surface area contributed by atoms with Crippen molar-refractivity contribution in [1.82, 2.24) is 4.90 Å². The fourth-order valence-electron chi connectivity index (χ4n) is 6.14. The molecule has 3 aromatic carbocycles. The van der Waals surface area contributed by atoms with Gasteiger partial charge in [-0.1, -0.05) is 60.5 Å². The number of oxime groups is 1. The number of unbranched alkanes of at least 4 members (excludes halogenated alkanes) is 2. The Bertz CT molecular complexity index is 1370. The molecule has 8 heteroatoms. The summed E-state index contributed by atoms with van der Waals surface area (Å²) in [6.45, 7) is 6.70. The summed E-state index contributed by atoms with van der Waals surface area (Å²) < 4.78 is 12.5. The number of nitrogens with zero attached hydrogens (tertiary/aromatic N) is 3. The van der Waals surface area contributed by atoms with Crippen molar-refractivity contribution in [2.45, 2.75) is 77.2 Å². The molecular weight excluding hydrogens is 528 g/mol. The average molecular weight is 571 g/mol. The Labute approximate surface area is 248 Å². The van der Waals surface area contributed by atoms with Gasteiger partial charge in [0.25, 0.3) is 5.91 Å². The molecule has 2 aliphatic rings. The van der Waals surface area contributed by atoms with E-state index in [1.807, 2.05) is 59.5 Å². The van der Waals surface area contributed by atoms with Crippen LogP contribution in [-0.2, 0) is 11.4 Å². The Morgan fingerprint density at radius 1 is 0.976 bits per heavy atom. The first-order chi connectivity index (χ1) is 20.5. The van der Waals surface area contributed by atoms with Gasteiger partial charge in [-0.2, -0.15) is 0 Å². The zero-order valence-corrected chi connectivity index (χ0v) is 24.6. The van der Waals surface area contributed by atoms with E-state index in [2.05, 4.69) is 23.9 Å². The number of hydrogen-bond acceptors (Lipinski definition) is 6. The summed E-state index contributed by atoms with van der Waals surface area (Å²) in [7, 11) is 0. The smallest absolute Gasteiger partial charge is 0.273 e. The third kappa shape index (κ3) is 6.71. The van der Waals surface area contributed by atoms with Gasteiger partial charge in [0.2, 0.25) is 6.10 Å². The summed E-state index contributed by atoms with van der Waals surface area (Å²) in [6, 6.07) is 23.9. The number of piperidine rings is 1. The van der Waals surface area contributed by atoms with Gasteiger partial charge in [0.1, 0.15) is 18.1 Å². The normalized spacial score (nSPS) is 21.1. The molecule has 0 bridgehead atoms. The minimum atomic E-state index is -0.938. The van der Waals surface area contributed by atoms with Crippen LogP contribution < -0.4 is 20.1 Å². The molecular formula is C34H42N4O4. The van der Waals surface area contributed by atoms with Gasteiger partial charge < -0.3 is 25.3 Å². The van der Waals surface area contributed by atoms with Crippen LogP contribution in [0.5, 0.6) is 11.5 Å². The summed E-state index contributed by atoms with van der Waals surface area (Å²) in [6.07, 6.45) is 5.98. The van der Waals surface area contributed by atoms with Crippen LogP contribution in [0.25, 0.3) is 0 Å². The second-order valence-electron chi connectivity index (χ2n) is 11.4. The molecule has 0 saturated carbocycles. The number of ether oxygens (including phenoxy) is 2. The van der Waals surface area contributed by atoms with E-state index >= 15 is 0 Å². The molecule has 222 valence electrons. The van der Waals surface area contributed by atoms with Crippen molar-refractivity contribution in [1.29, 1.82) is 0 Å². The fourth-order valence-corrected chi connectivity index (χ4v) is 6.14. The van der Waals surface area contributed by atoms with E-state index in [4.69, 9.17) is 15.2 Å². The Balaban J connectivity index is 1.34. The Kier molecular flexibility index (Phi) is 9.64. The first kappa shape index (κ1) is 29.5. The lowest BCUT2D eigenvalue weighted by Gasteiger charge is -2.39. The highest BCUT2D eigenvalue weighted by atomic mass is 16.5. The zero-order valence-electron chi connectivity index (χ0n) is 24.6. The predicted molar refractivity (Wildman–Crippen MR) is 165 cm³/mol. The molecule has 3 atom stereocenters. The van der Waals surface area contributed by atoms with Gasteiger partial charge in [0.15, 0.2) is 5.84 Å². The van der Waals surface area contributed by atoms with Crippen LogP contribution in [0.15, 0.2) is 78.0 Å². The van der Waals surface area contributed by atoms with Crippen molar-refractivity contribution < 1.29 is 19.5 Å². The lowest BCUT2D eigenvalue weighted by Crippen LogP contribution is -2.44. The number of benzene rings is 3. The molecule has 2 heterocycles. The first-order valence-electron chi connectivity index (χ1n) is 15.1. The SMILES string of the molecule is C[C@@H]1CCC[C@H](C)N1CCCCCN1C(=O)C(c2cc(C(N)=NO)ccc2OCc2ccccc2)Oc2ccccc21. The molecule has 42 heavy (non-hydrogen) atoms. The first-order valence-corrected chi connectivity index (χ1v) is 15.1. The van der Waals surface area contributed by atoms with E-state index in [1.165, 1.54) is 19.3 Å². The van der Waals surface area contributed by atoms with Gasteiger partial charge in [0.05, 0.1) is 5.69 Å². The number of likely N-dealkylation sites (tertiary alicyclic amines) is 1. The predicted octanol–water partition coefficient (Wildman–Crippen LogP) is 6.26. The number of fused-ring (bicyclic) bond motifs is 1. The molecule has 0 radical (unpaired) electrons. The highest BCUT2D eigenvalue weighted by Crippen LogP contribution is 2.41. The monoisotopic (exact) mass is 570 g/mol. The molecule has 1 saturated heterocycles. The average Bonchev–Trinajstić information content (AvgIpc) is 3.02. The number of anilines is 1. The van der Waals surface area contributed by atoms with E-state index in [0.717, 1.165) is 37.1 Å². The number of hydrogen-bond donors (Lipinski definition) is 2. The molecule has 5 rings (SSSR count). The van der Waals surface area contributed by atoms with E-state index < -0.39 is 6.10 Å². The number of rotatable bonds is 11. The van der Waals surface area contributed by atoms with Crippen molar-refractivity contribution in [2.75, 3.05) is 18.0 Å². The highest BCUT2D eigenvalue weighted by Gasteiger charge is 2.37. The second-order valence-corrected chi connectivity index (χ2v) is 11.4. The lowest BCUT2D eigenvalue weighted by atomic mass is 9.97. The molecule has 0 aromatic heterocycles. The number of nitrogens with two attached hydrogens (primary N) is 1. The van der Waals surface area contributed by atoms with Crippen molar-refractivity contribution in [2.24, 2.45) is 10.9 Å². The summed E-state index contributed by atoms with van der Waals surface area (Å²) in [4.78, 5) is 18.6. The van der Waals surface area contributed by atoms with Gasteiger partial charge in [0, 0.05) is 29.8 Å². The fraction of sp³-hybridized carbons (Fsp3) is 0.412.